The Kier molecular flexibility index (Phi) is 4.97. The molecule has 2 unspecified atom stereocenters. The predicted molar refractivity (Wildman–Crippen MR) is 89.5 cm³/mol. The molecule has 1 heterocycles. The molecule has 2 aliphatic rings. The molecule has 1 aromatic rings. The Morgan fingerprint density at radius 2 is 1.76 bits per heavy atom. The van der Waals surface area contributed by atoms with Crippen molar-refractivity contribution in [2.45, 2.75) is 58.0 Å². The molecule has 1 aliphatic carbocycles. The summed E-state index contributed by atoms with van der Waals surface area (Å²) in [4.78, 5) is 2.66. The van der Waals surface area contributed by atoms with Crippen LogP contribution in [0.1, 0.15) is 56.2 Å². The van der Waals surface area contributed by atoms with E-state index in [9.17, 15) is 0 Å². The van der Waals surface area contributed by atoms with Gasteiger partial charge in [0.25, 0.3) is 0 Å². The minimum Gasteiger partial charge on any atom is -0.308 e. The number of hydrogen-bond donors (Lipinski definition) is 1. The van der Waals surface area contributed by atoms with Crippen molar-refractivity contribution in [1.29, 1.82) is 0 Å². The van der Waals surface area contributed by atoms with Crippen molar-refractivity contribution < 1.29 is 0 Å². The van der Waals surface area contributed by atoms with Crippen LogP contribution in [0.15, 0.2) is 24.3 Å². The van der Waals surface area contributed by atoms with Crippen LogP contribution in [0.5, 0.6) is 0 Å². The lowest BCUT2D eigenvalue weighted by Crippen LogP contribution is -2.44. The Morgan fingerprint density at radius 1 is 1.10 bits per heavy atom. The molecule has 116 valence electrons. The fraction of sp³-hybridized carbons (Fsp3) is 0.684. The second-order valence-electron chi connectivity index (χ2n) is 7.08. The standard InChI is InChI=1S/C19H30N2/c1-15-6-8-17(9-7-15)19(18-10-11-18)20-14-16(2)21-12-4-3-5-13-21/h6-9,16,18-20H,3-5,10-14H2,1-2H3. The van der Waals surface area contributed by atoms with Gasteiger partial charge in [-0.05, 0) is 64.1 Å². The van der Waals surface area contributed by atoms with Crippen molar-refractivity contribution in [3.8, 4) is 0 Å². The summed E-state index contributed by atoms with van der Waals surface area (Å²) >= 11 is 0. The topological polar surface area (TPSA) is 15.3 Å². The predicted octanol–water partition coefficient (Wildman–Crippen LogP) is 3.91. The lowest BCUT2D eigenvalue weighted by Gasteiger charge is -2.33. The van der Waals surface area contributed by atoms with Crippen LogP contribution in [0.4, 0.5) is 0 Å². The first-order valence-electron chi connectivity index (χ1n) is 8.78. The Bertz CT molecular complexity index is 429. The highest BCUT2D eigenvalue weighted by molar-refractivity contribution is 5.25. The molecule has 2 nitrogen and oxygen atoms in total. The average Bonchev–Trinajstić information content (AvgIpc) is 3.35. The summed E-state index contributed by atoms with van der Waals surface area (Å²) < 4.78 is 0. The van der Waals surface area contributed by atoms with Crippen molar-refractivity contribution in [3.63, 3.8) is 0 Å². The Morgan fingerprint density at radius 3 is 2.38 bits per heavy atom. The van der Waals surface area contributed by atoms with Gasteiger partial charge in [0.1, 0.15) is 0 Å². The van der Waals surface area contributed by atoms with E-state index in [-0.39, 0.29) is 0 Å². The van der Waals surface area contributed by atoms with Crippen LogP contribution in [0, 0.1) is 12.8 Å². The van der Waals surface area contributed by atoms with Crippen molar-refractivity contribution in [3.05, 3.63) is 35.4 Å². The van der Waals surface area contributed by atoms with Gasteiger partial charge in [-0.3, -0.25) is 4.90 Å². The van der Waals surface area contributed by atoms with Gasteiger partial charge in [-0.25, -0.2) is 0 Å². The van der Waals surface area contributed by atoms with Gasteiger partial charge in [-0.1, -0.05) is 36.2 Å². The van der Waals surface area contributed by atoms with Gasteiger partial charge in [0.2, 0.25) is 0 Å². The quantitative estimate of drug-likeness (QED) is 0.853. The third-order valence-electron chi connectivity index (χ3n) is 5.18. The van der Waals surface area contributed by atoms with E-state index < -0.39 is 0 Å². The summed E-state index contributed by atoms with van der Waals surface area (Å²) in [6.07, 6.45) is 6.97. The number of aryl methyl sites for hydroxylation is 1. The summed E-state index contributed by atoms with van der Waals surface area (Å²) in [6, 6.07) is 10.4. The van der Waals surface area contributed by atoms with Crippen LogP contribution in [0.3, 0.4) is 0 Å². The summed E-state index contributed by atoms with van der Waals surface area (Å²) in [7, 11) is 0. The van der Waals surface area contributed by atoms with Crippen molar-refractivity contribution in [2.24, 2.45) is 5.92 Å². The zero-order chi connectivity index (χ0) is 14.7. The monoisotopic (exact) mass is 286 g/mol. The number of hydrogen-bond acceptors (Lipinski definition) is 2. The lowest BCUT2D eigenvalue weighted by molar-refractivity contribution is 0.167. The van der Waals surface area contributed by atoms with E-state index in [2.05, 4.69) is 48.3 Å². The second-order valence-corrected chi connectivity index (χ2v) is 7.08. The molecule has 0 aromatic heterocycles. The molecule has 1 aromatic carbocycles. The van der Waals surface area contributed by atoms with E-state index in [1.165, 1.54) is 56.3 Å². The Hall–Kier alpha value is -0.860. The molecule has 2 fully saturated rings. The van der Waals surface area contributed by atoms with Crippen molar-refractivity contribution in [1.82, 2.24) is 10.2 Å². The molecule has 3 rings (SSSR count). The molecule has 0 radical (unpaired) electrons. The van der Waals surface area contributed by atoms with Crippen LogP contribution in [0.2, 0.25) is 0 Å². The first-order valence-corrected chi connectivity index (χ1v) is 8.78. The molecule has 1 aliphatic heterocycles. The van der Waals surface area contributed by atoms with Gasteiger partial charge in [0.05, 0.1) is 0 Å². The normalized spacial score (nSPS) is 23.0. The van der Waals surface area contributed by atoms with Crippen LogP contribution >= 0.6 is 0 Å². The summed E-state index contributed by atoms with van der Waals surface area (Å²) in [5.41, 5.74) is 2.84. The summed E-state index contributed by atoms with van der Waals surface area (Å²) in [5, 5.41) is 3.87. The van der Waals surface area contributed by atoms with Crippen LogP contribution in [-0.4, -0.2) is 30.6 Å². The number of rotatable bonds is 6. The molecule has 2 heteroatoms. The maximum atomic E-state index is 3.87. The fourth-order valence-electron chi connectivity index (χ4n) is 3.55. The van der Waals surface area contributed by atoms with Crippen LogP contribution in [-0.2, 0) is 0 Å². The van der Waals surface area contributed by atoms with E-state index in [1.807, 2.05) is 0 Å². The van der Waals surface area contributed by atoms with E-state index in [0.717, 1.165) is 12.5 Å². The van der Waals surface area contributed by atoms with Gasteiger partial charge < -0.3 is 5.32 Å². The molecule has 0 spiro atoms. The van der Waals surface area contributed by atoms with E-state index in [4.69, 9.17) is 0 Å². The maximum Gasteiger partial charge on any atom is 0.0349 e. The fourth-order valence-corrected chi connectivity index (χ4v) is 3.55. The highest BCUT2D eigenvalue weighted by Gasteiger charge is 2.32. The van der Waals surface area contributed by atoms with E-state index in [0.29, 0.717) is 12.1 Å². The third-order valence-corrected chi connectivity index (χ3v) is 5.18. The van der Waals surface area contributed by atoms with E-state index in [1.54, 1.807) is 0 Å². The molecule has 2 atom stereocenters. The molecule has 0 amide bonds. The highest BCUT2D eigenvalue weighted by Crippen LogP contribution is 2.41. The second kappa shape index (κ2) is 6.93. The molecule has 1 N–H and O–H groups in total. The van der Waals surface area contributed by atoms with Gasteiger partial charge in [-0.15, -0.1) is 0 Å². The average molecular weight is 286 g/mol. The van der Waals surface area contributed by atoms with Gasteiger partial charge in [0, 0.05) is 18.6 Å². The van der Waals surface area contributed by atoms with Gasteiger partial charge >= 0.3 is 0 Å². The van der Waals surface area contributed by atoms with Crippen molar-refractivity contribution >= 4 is 0 Å². The largest absolute Gasteiger partial charge is 0.308 e. The molecular formula is C19H30N2. The number of piperidine rings is 1. The first kappa shape index (κ1) is 15.1. The molecular weight excluding hydrogens is 256 g/mol. The van der Waals surface area contributed by atoms with E-state index >= 15 is 0 Å². The maximum absolute atomic E-state index is 3.87. The smallest absolute Gasteiger partial charge is 0.0349 e. The van der Waals surface area contributed by atoms with Crippen molar-refractivity contribution in [2.75, 3.05) is 19.6 Å². The number of nitrogens with zero attached hydrogens (tertiary/aromatic N) is 1. The first-order chi connectivity index (χ1) is 10.2. The number of nitrogens with one attached hydrogen (secondary N) is 1. The molecule has 1 saturated heterocycles. The van der Waals surface area contributed by atoms with Gasteiger partial charge in [0.15, 0.2) is 0 Å². The number of likely N-dealkylation sites (tertiary alicyclic amines) is 1. The molecule has 0 bridgehead atoms. The Balaban J connectivity index is 1.56. The summed E-state index contributed by atoms with van der Waals surface area (Å²) in [5.74, 6) is 0.862. The lowest BCUT2D eigenvalue weighted by atomic mass is 10.0. The summed E-state index contributed by atoms with van der Waals surface area (Å²) in [6.45, 7) is 8.26. The minimum atomic E-state index is 0.567. The third kappa shape index (κ3) is 4.08. The number of benzene rings is 1. The molecule has 21 heavy (non-hydrogen) atoms. The minimum absolute atomic E-state index is 0.567. The SMILES string of the molecule is Cc1ccc(C(NCC(C)N2CCCCC2)C2CC2)cc1. The van der Waals surface area contributed by atoms with Crippen LogP contribution in [0.25, 0.3) is 0 Å². The van der Waals surface area contributed by atoms with Crippen LogP contribution < -0.4 is 5.32 Å². The van der Waals surface area contributed by atoms with Gasteiger partial charge in [-0.2, -0.15) is 0 Å². The zero-order valence-electron chi connectivity index (χ0n) is 13.6. The molecule has 1 saturated carbocycles. The Labute approximate surface area is 129 Å². The highest BCUT2D eigenvalue weighted by atomic mass is 15.2. The zero-order valence-corrected chi connectivity index (χ0v) is 13.6.